The number of benzene rings is 1. The lowest BCUT2D eigenvalue weighted by molar-refractivity contribution is -0.121. The van der Waals surface area contributed by atoms with E-state index in [1.165, 1.54) is 6.92 Å². The van der Waals surface area contributed by atoms with Gasteiger partial charge in [0.1, 0.15) is 0 Å². The van der Waals surface area contributed by atoms with Crippen LogP contribution in [0, 0.1) is 6.92 Å². The molecule has 1 aromatic carbocycles. The van der Waals surface area contributed by atoms with Crippen molar-refractivity contribution in [2.75, 3.05) is 10.6 Å². The molecule has 2 rings (SSSR count). The Hall–Kier alpha value is -1.88. The summed E-state index contributed by atoms with van der Waals surface area (Å²) in [6.45, 7) is 3.35. The molecule has 2 amide bonds. The highest BCUT2D eigenvalue weighted by atomic mass is 16.2. The lowest BCUT2D eigenvalue weighted by Gasteiger charge is -2.22. The van der Waals surface area contributed by atoms with E-state index in [-0.39, 0.29) is 11.8 Å². The van der Waals surface area contributed by atoms with Crippen LogP contribution in [-0.2, 0) is 9.59 Å². The number of anilines is 2. The SMILES string of the molecule is CC(=O)Nc1ccc(NC(=O)C2(N)CCCC2)cc1C. The Bertz CT molecular complexity index is 534. The molecule has 108 valence electrons. The molecule has 0 saturated heterocycles. The lowest BCUT2D eigenvalue weighted by atomic mass is 9.98. The van der Waals surface area contributed by atoms with E-state index in [2.05, 4.69) is 10.6 Å². The van der Waals surface area contributed by atoms with Crippen molar-refractivity contribution < 1.29 is 9.59 Å². The largest absolute Gasteiger partial charge is 0.326 e. The number of aryl methyl sites for hydroxylation is 1. The van der Waals surface area contributed by atoms with Gasteiger partial charge in [-0.15, -0.1) is 0 Å². The summed E-state index contributed by atoms with van der Waals surface area (Å²) in [7, 11) is 0. The van der Waals surface area contributed by atoms with Crippen LogP contribution in [0.5, 0.6) is 0 Å². The topological polar surface area (TPSA) is 84.2 Å². The van der Waals surface area contributed by atoms with E-state index in [4.69, 9.17) is 5.73 Å². The van der Waals surface area contributed by atoms with E-state index in [0.717, 1.165) is 36.9 Å². The van der Waals surface area contributed by atoms with Gasteiger partial charge >= 0.3 is 0 Å². The average molecular weight is 275 g/mol. The van der Waals surface area contributed by atoms with Gasteiger partial charge < -0.3 is 16.4 Å². The fourth-order valence-corrected chi connectivity index (χ4v) is 2.56. The summed E-state index contributed by atoms with van der Waals surface area (Å²) in [5.74, 6) is -0.238. The maximum absolute atomic E-state index is 12.2. The molecule has 20 heavy (non-hydrogen) atoms. The Morgan fingerprint density at radius 3 is 2.40 bits per heavy atom. The van der Waals surface area contributed by atoms with Crippen molar-refractivity contribution in [3.63, 3.8) is 0 Å². The van der Waals surface area contributed by atoms with Gasteiger partial charge in [-0.25, -0.2) is 0 Å². The molecule has 0 radical (unpaired) electrons. The van der Waals surface area contributed by atoms with Crippen LogP contribution in [0.25, 0.3) is 0 Å². The molecule has 1 fully saturated rings. The lowest BCUT2D eigenvalue weighted by Crippen LogP contribution is -2.48. The molecule has 0 aliphatic heterocycles. The molecule has 0 bridgehead atoms. The summed E-state index contributed by atoms with van der Waals surface area (Å²) < 4.78 is 0. The maximum Gasteiger partial charge on any atom is 0.244 e. The Labute approximate surface area is 118 Å². The second kappa shape index (κ2) is 5.63. The molecule has 1 aromatic rings. The highest BCUT2D eigenvalue weighted by Crippen LogP contribution is 2.29. The summed E-state index contributed by atoms with van der Waals surface area (Å²) in [6, 6.07) is 5.39. The van der Waals surface area contributed by atoms with Crippen LogP contribution >= 0.6 is 0 Å². The molecule has 1 aliphatic carbocycles. The molecule has 4 N–H and O–H groups in total. The van der Waals surface area contributed by atoms with E-state index < -0.39 is 5.54 Å². The molecule has 0 heterocycles. The van der Waals surface area contributed by atoms with Crippen LogP contribution in [0.4, 0.5) is 11.4 Å². The Morgan fingerprint density at radius 2 is 1.85 bits per heavy atom. The van der Waals surface area contributed by atoms with Crippen molar-refractivity contribution in [3.8, 4) is 0 Å². The third-order valence-corrected chi connectivity index (χ3v) is 3.74. The van der Waals surface area contributed by atoms with Crippen molar-refractivity contribution in [2.45, 2.75) is 45.1 Å². The van der Waals surface area contributed by atoms with Crippen LogP contribution in [-0.4, -0.2) is 17.4 Å². The van der Waals surface area contributed by atoms with E-state index in [1.54, 1.807) is 12.1 Å². The molecule has 1 saturated carbocycles. The molecule has 0 atom stereocenters. The zero-order valence-corrected chi connectivity index (χ0v) is 12.0. The molecule has 5 heteroatoms. The number of hydrogen-bond donors (Lipinski definition) is 3. The second-order valence-corrected chi connectivity index (χ2v) is 5.53. The van der Waals surface area contributed by atoms with Gasteiger partial charge in [-0.2, -0.15) is 0 Å². The van der Waals surface area contributed by atoms with Gasteiger partial charge in [0.15, 0.2) is 0 Å². The summed E-state index contributed by atoms with van der Waals surface area (Å²) in [5, 5.41) is 5.61. The molecular formula is C15H21N3O2. The van der Waals surface area contributed by atoms with Gasteiger partial charge in [0.25, 0.3) is 0 Å². The minimum atomic E-state index is -0.732. The van der Waals surface area contributed by atoms with Crippen molar-refractivity contribution >= 4 is 23.2 Å². The number of hydrogen-bond acceptors (Lipinski definition) is 3. The van der Waals surface area contributed by atoms with E-state index in [1.807, 2.05) is 13.0 Å². The second-order valence-electron chi connectivity index (χ2n) is 5.53. The maximum atomic E-state index is 12.2. The number of rotatable bonds is 3. The van der Waals surface area contributed by atoms with Gasteiger partial charge in [0.05, 0.1) is 5.54 Å². The quantitative estimate of drug-likeness (QED) is 0.790. The van der Waals surface area contributed by atoms with Gasteiger partial charge in [-0.3, -0.25) is 9.59 Å². The minimum Gasteiger partial charge on any atom is -0.326 e. The minimum absolute atomic E-state index is 0.114. The first-order valence-electron chi connectivity index (χ1n) is 6.89. The Kier molecular flexibility index (Phi) is 4.09. The number of amides is 2. The van der Waals surface area contributed by atoms with Gasteiger partial charge in [0, 0.05) is 18.3 Å². The van der Waals surface area contributed by atoms with Crippen molar-refractivity contribution in [1.29, 1.82) is 0 Å². The zero-order chi connectivity index (χ0) is 14.8. The Morgan fingerprint density at radius 1 is 1.20 bits per heavy atom. The van der Waals surface area contributed by atoms with E-state index in [9.17, 15) is 9.59 Å². The van der Waals surface area contributed by atoms with Gasteiger partial charge in [-0.1, -0.05) is 12.8 Å². The first-order valence-corrected chi connectivity index (χ1v) is 6.89. The normalized spacial score (nSPS) is 16.8. The molecule has 0 unspecified atom stereocenters. The standard InChI is InChI=1S/C15H21N3O2/c1-10-9-12(5-6-13(10)17-11(2)19)18-14(20)15(16)7-3-4-8-15/h5-6,9H,3-4,7-8,16H2,1-2H3,(H,17,19)(H,18,20). The summed E-state index contributed by atoms with van der Waals surface area (Å²) >= 11 is 0. The third kappa shape index (κ3) is 3.17. The molecule has 0 aromatic heterocycles. The van der Waals surface area contributed by atoms with E-state index in [0.29, 0.717) is 5.69 Å². The molecular weight excluding hydrogens is 254 g/mol. The van der Waals surface area contributed by atoms with Crippen LogP contribution in [0.15, 0.2) is 18.2 Å². The molecule has 0 spiro atoms. The van der Waals surface area contributed by atoms with Crippen molar-refractivity contribution in [1.82, 2.24) is 0 Å². The monoisotopic (exact) mass is 275 g/mol. The fourth-order valence-electron chi connectivity index (χ4n) is 2.56. The highest BCUT2D eigenvalue weighted by molar-refractivity contribution is 5.98. The Balaban J connectivity index is 2.08. The first-order chi connectivity index (χ1) is 9.40. The smallest absolute Gasteiger partial charge is 0.244 e. The van der Waals surface area contributed by atoms with Gasteiger partial charge in [-0.05, 0) is 43.5 Å². The molecule has 1 aliphatic rings. The number of nitrogens with one attached hydrogen (secondary N) is 2. The summed E-state index contributed by atoms with van der Waals surface area (Å²) in [6.07, 6.45) is 3.48. The van der Waals surface area contributed by atoms with Crippen molar-refractivity contribution in [3.05, 3.63) is 23.8 Å². The number of nitrogens with two attached hydrogens (primary N) is 1. The average Bonchev–Trinajstić information content (AvgIpc) is 2.81. The number of carbonyl (C=O) groups is 2. The zero-order valence-electron chi connectivity index (χ0n) is 12.0. The van der Waals surface area contributed by atoms with Crippen molar-refractivity contribution in [2.24, 2.45) is 5.73 Å². The molecule has 5 nitrogen and oxygen atoms in total. The summed E-state index contributed by atoms with van der Waals surface area (Å²) in [4.78, 5) is 23.3. The predicted octanol–water partition coefficient (Wildman–Crippen LogP) is 2.16. The van der Waals surface area contributed by atoms with E-state index >= 15 is 0 Å². The van der Waals surface area contributed by atoms with Crippen LogP contribution in [0.2, 0.25) is 0 Å². The fraction of sp³-hybridized carbons (Fsp3) is 0.467. The van der Waals surface area contributed by atoms with Crippen LogP contribution in [0.3, 0.4) is 0 Å². The summed E-state index contributed by atoms with van der Waals surface area (Å²) in [5.41, 5.74) is 7.74. The van der Waals surface area contributed by atoms with Crippen LogP contribution in [0.1, 0.15) is 38.2 Å². The number of carbonyl (C=O) groups excluding carboxylic acids is 2. The van der Waals surface area contributed by atoms with Gasteiger partial charge in [0.2, 0.25) is 11.8 Å². The first kappa shape index (κ1) is 14.5. The highest BCUT2D eigenvalue weighted by Gasteiger charge is 2.36. The van der Waals surface area contributed by atoms with Crippen LogP contribution < -0.4 is 16.4 Å². The predicted molar refractivity (Wildman–Crippen MR) is 79.5 cm³/mol. The third-order valence-electron chi connectivity index (χ3n) is 3.74.